The number of aromatic nitrogens is 1. The fraction of sp³-hybridized carbons (Fsp3) is 0.172. The summed E-state index contributed by atoms with van der Waals surface area (Å²) < 4.78 is 70.8. The van der Waals surface area contributed by atoms with Gasteiger partial charge in [0.2, 0.25) is 0 Å². The Labute approximate surface area is 244 Å². The van der Waals surface area contributed by atoms with Crippen LogP contribution in [0.3, 0.4) is 0 Å². The highest BCUT2D eigenvalue weighted by Crippen LogP contribution is 2.33. The van der Waals surface area contributed by atoms with Crippen LogP contribution in [0.1, 0.15) is 28.1 Å². The molecule has 0 aliphatic heterocycles. The van der Waals surface area contributed by atoms with Crippen LogP contribution in [0.15, 0.2) is 93.3 Å². The van der Waals surface area contributed by atoms with Gasteiger partial charge < -0.3 is 4.57 Å². The van der Waals surface area contributed by atoms with Gasteiger partial charge in [-0.25, -0.2) is 13.8 Å². The van der Waals surface area contributed by atoms with E-state index in [1.807, 2.05) is 48.7 Å². The fourth-order valence-corrected chi connectivity index (χ4v) is 6.06. The van der Waals surface area contributed by atoms with Gasteiger partial charge in [-0.2, -0.15) is 18.3 Å². The van der Waals surface area contributed by atoms with Crippen molar-refractivity contribution < 1.29 is 26.4 Å². The highest BCUT2D eigenvalue weighted by Gasteiger charge is 2.33. The number of rotatable bonds is 8. The molecule has 3 aromatic carbocycles. The van der Waals surface area contributed by atoms with Crippen LogP contribution in [0.4, 0.5) is 18.9 Å². The number of hydrazone groups is 1. The summed E-state index contributed by atoms with van der Waals surface area (Å²) in [5.41, 5.74) is 5.16. The number of alkyl halides is 3. The van der Waals surface area contributed by atoms with Gasteiger partial charge in [0.05, 0.1) is 22.4 Å². The molecular formula is C29H26BrF3N4O3S. The summed E-state index contributed by atoms with van der Waals surface area (Å²) in [5.74, 6) is -0.838. The Morgan fingerprint density at radius 1 is 1.00 bits per heavy atom. The largest absolute Gasteiger partial charge is 0.416 e. The highest BCUT2D eigenvalue weighted by molar-refractivity contribution is 9.10. The lowest BCUT2D eigenvalue weighted by Crippen LogP contribution is -2.39. The monoisotopic (exact) mass is 646 g/mol. The molecule has 4 rings (SSSR count). The summed E-state index contributed by atoms with van der Waals surface area (Å²) in [6.45, 7) is 4.78. The number of anilines is 1. The van der Waals surface area contributed by atoms with E-state index in [2.05, 4.69) is 26.5 Å². The third-order valence-corrected chi connectivity index (χ3v) is 8.57. The minimum Gasteiger partial charge on any atom is -0.318 e. The number of benzene rings is 3. The number of aryl methyl sites for hydroxylation is 2. The molecule has 1 aromatic heterocycles. The Kier molecular flexibility index (Phi) is 8.74. The lowest BCUT2D eigenvalue weighted by Gasteiger charge is -2.24. The van der Waals surface area contributed by atoms with Crippen LogP contribution in [0.2, 0.25) is 0 Å². The first-order valence-corrected chi connectivity index (χ1v) is 14.5. The molecule has 41 heavy (non-hydrogen) atoms. The van der Waals surface area contributed by atoms with Crippen molar-refractivity contribution in [3.63, 3.8) is 0 Å². The second-order valence-corrected chi connectivity index (χ2v) is 12.1. The molecule has 1 amide bonds. The van der Waals surface area contributed by atoms with Gasteiger partial charge >= 0.3 is 6.18 Å². The van der Waals surface area contributed by atoms with Crippen molar-refractivity contribution in [2.75, 3.05) is 10.8 Å². The van der Waals surface area contributed by atoms with Gasteiger partial charge in [-0.05, 0) is 75.4 Å². The molecule has 0 saturated carbocycles. The van der Waals surface area contributed by atoms with Crippen molar-refractivity contribution in [1.29, 1.82) is 0 Å². The number of hydrogen-bond acceptors (Lipinski definition) is 4. The number of amides is 1. The predicted molar refractivity (Wildman–Crippen MR) is 156 cm³/mol. The molecule has 0 atom stereocenters. The number of nitrogens with one attached hydrogen (secondary N) is 1. The second-order valence-electron chi connectivity index (χ2n) is 9.31. The van der Waals surface area contributed by atoms with Crippen LogP contribution >= 0.6 is 15.9 Å². The lowest BCUT2D eigenvalue weighted by atomic mass is 10.2. The maximum Gasteiger partial charge on any atom is 0.416 e. The molecule has 1 heterocycles. The van der Waals surface area contributed by atoms with Gasteiger partial charge in [0.25, 0.3) is 15.9 Å². The normalized spacial score (nSPS) is 12.1. The quantitative estimate of drug-likeness (QED) is 0.175. The van der Waals surface area contributed by atoms with E-state index in [1.54, 1.807) is 19.1 Å². The summed E-state index contributed by atoms with van der Waals surface area (Å²) >= 11 is 3.47. The van der Waals surface area contributed by atoms with Gasteiger partial charge in [-0.15, -0.1) is 0 Å². The van der Waals surface area contributed by atoms with E-state index < -0.39 is 34.2 Å². The Morgan fingerprint density at radius 3 is 2.34 bits per heavy atom. The third kappa shape index (κ3) is 6.88. The van der Waals surface area contributed by atoms with Crippen LogP contribution in [0, 0.1) is 20.8 Å². The smallest absolute Gasteiger partial charge is 0.318 e. The van der Waals surface area contributed by atoms with Crippen molar-refractivity contribution >= 4 is 43.8 Å². The van der Waals surface area contributed by atoms with Gasteiger partial charge in [0, 0.05) is 27.1 Å². The van der Waals surface area contributed by atoms with E-state index >= 15 is 0 Å². The minimum atomic E-state index is -4.70. The number of hydrogen-bond donors (Lipinski definition) is 1. The topological polar surface area (TPSA) is 83.8 Å². The molecule has 0 bridgehead atoms. The van der Waals surface area contributed by atoms with Crippen LogP contribution in [-0.2, 0) is 21.0 Å². The summed E-state index contributed by atoms with van der Waals surface area (Å²) in [4.78, 5) is 12.7. The molecule has 0 saturated heterocycles. The Bertz CT molecular complexity index is 1720. The van der Waals surface area contributed by atoms with E-state index in [0.717, 1.165) is 39.2 Å². The molecule has 12 heteroatoms. The molecule has 0 aliphatic carbocycles. The molecule has 0 unspecified atom stereocenters. The molecule has 214 valence electrons. The molecule has 4 aromatic rings. The van der Waals surface area contributed by atoms with E-state index in [-0.39, 0.29) is 10.6 Å². The van der Waals surface area contributed by atoms with Gasteiger partial charge in [-0.1, -0.05) is 45.8 Å². The maximum atomic E-state index is 13.5. The number of carbonyl (C=O) groups is 1. The Balaban J connectivity index is 1.60. The molecule has 0 spiro atoms. The fourth-order valence-electron chi connectivity index (χ4n) is 4.26. The molecule has 1 N–H and O–H groups in total. The molecule has 7 nitrogen and oxygen atoms in total. The highest BCUT2D eigenvalue weighted by atomic mass is 79.9. The Hall–Kier alpha value is -3.90. The number of carbonyl (C=O) groups excluding carboxylic acids is 1. The number of sulfonamides is 1. The van der Waals surface area contributed by atoms with Crippen molar-refractivity contribution in [1.82, 2.24) is 9.99 Å². The van der Waals surface area contributed by atoms with Crippen molar-refractivity contribution in [3.05, 3.63) is 111 Å². The van der Waals surface area contributed by atoms with Crippen LogP contribution in [0.25, 0.3) is 5.69 Å². The Morgan fingerprint density at radius 2 is 1.68 bits per heavy atom. The van der Waals surface area contributed by atoms with E-state index in [0.29, 0.717) is 15.9 Å². The standard InChI is InChI=1S/C29H26BrF3N4O3S/c1-19-10-12-27(13-11-19)41(39,40)36(25-8-4-6-23(15-25)29(31,32)33)18-28(38)35-34-17-22-14-20(2)37(21(22)3)26-9-5-7-24(30)16-26/h4-17H,18H2,1-3H3,(H,35,38)/b34-17-. The van der Waals surface area contributed by atoms with E-state index in [1.165, 1.54) is 24.4 Å². The zero-order chi connectivity index (χ0) is 29.9. The van der Waals surface area contributed by atoms with Gasteiger partial charge in [0.15, 0.2) is 0 Å². The van der Waals surface area contributed by atoms with Crippen molar-refractivity contribution in [3.8, 4) is 5.69 Å². The summed E-state index contributed by atoms with van der Waals surface area (Å²) in [6.07, 6.45) is -3.28. The summed E-state index contributed by atoms with van der Waals surface area (Å²) in [5, 5.41) is 3.99. The molecule has 0 aliphatic rings. The van der Waals surface area contributed by atoms with Crippen molar-refractivity contribution in [2.45, 2.75) is 31.8 Å². The summed E-state index contributed by atoms with van der Waals surface area (Å²) in [7, 11) is -4.40. The first-order chi connectivity index (χ1) is 19.3. The minimum absolute atomic E-state index is 0.170. The second kappa shape index (κ2) is 11.9. The average Bonchev–Trinajstić information content (AvgIpc) is 3.19. The molecule has 0 fully saturated rings. The average molecular weight is 648 g/mol. The van der Waals surface area contributed by atoms with Gasteiger partial charge in [0.1, 0.15) is 6.54 Å². The maximum absolute atomic E-state index is 13.5. The zero-order valence-electron chi connectivity index (χ0n) is 22.3. The van der Waals surface area contributed by atoms with Crippen LogP contribution in [-0.4, -0.2) is 31.7 Å². The van der Waals surface area contributed by atoms with Crippen molar-refractivity contribution in [2.24, 2.45) is 5.10 Å². The third-order valence-electron chi connectivity index (χ3n) is 6.29. The van der Waals surface area contributed by atoms with E-state index in [9.17, 15) is 26.4 Å². The SMILES string of the molecule is Cc1ccc(S(=O)(=O)N(CC(=O)N/N=C\c2cc(C)n(-c3cccc(Br)c3)c2C)c2cccc(C(F)(F)F)c2)cc1. The van der Waals surface area contributed by atoms with Crippen LogP contribution < -0.4 is 9.73 Å². The predicted octanol–water partition coefficient (Wildman–Crippen LogP) is 6.53. The first kappa shape index (κ1) is 30.1. The summed E-state index contributed by atoms with van der Waals surface area (Å²) in [6, 6.07) is 19.2. The lowest BCUT2D eigenvalue weighted by molar-refractivity contribution is -0.137. The number of nitrogens with zero attached hydrogens (tertiary/aromatic N) is 3. The van der Waals surface area contributed by atoms with Gasteiger partial charge in [-0.3, -0.25) is 9.10 Å². The van der Waals surface area contributed by atoms with E-state index in [4.69, 9.17) is 0 Å². The van der Waals surface area contributed by atoms with Crippen LogP contribution in [0.5, 0.6) is 0 Å². The molecular weight excluding hydrogens is 621 g/mol. The number of halogens is 4. The zero-order valence-corrected chi connectivity index (χ0v) is 24.7. The molecule has 0 radical (unpaired) electrons. The first-order valence-electron chi connectivity index (χ1n) is 12.3.